The van der Waals surface area contributed by atoms with Crippen LogP contribution in [0.2, 0.25) is 0 Å². The third-order valence-corrected chi connectivity index (χ3v) is 7.47. The van der Waals surface area contributed by atoms with E-state index in [1.165, 1.54) is 48.0 Å². The molecule has 1 N–H and O–H groups in total. The van der Waals surface area contributed by atoms with Gasteiger partial charge in [0, 0.05) is 34.8 Å². The van der Waals surface area contributed by atoms with Crippen molar-refractivity contribution in [2.75, 3.05) is 26.3 Å². The van der Waals surface area contributed by atoms with Crippen LogP contribution < -0.4 is 5.56 Å². The molecule has 2 aliphatic heterocycles. The normalized spacial score (nSPS) is 18.5. The monoisotopic (exact) mass is 433 g/mol. The summed E-state index contributed by atoms with van der Waals surface area (Å²) in [7, 11) is 0. The molecule has 0 atom stereocenters. The molecule has 32 heavy (non-hydrogen) atoms. The molecule has 2 aromatic heterocycles. The quantitative estimate of drug-likeness (QED) is 0.614. The average molecular weight is 434 g/mol. The van der Waals surface area contributed by atoms with E-state index >= 15 is 0 Å². The lowest BCUT2D eigenvalue weighted by molar-refractivity contribution is -0.0712. The first kappa shape index (κ1) is 21.5. The maximum atomic E-state index is 12.4. The molecular formula is C27H35N3O2. The van der Waals surface area contributed by atoms with Crippen LogP contribution in [-0.2, 0) is 11.3 Å². The lowest BCUT2D eigenvalue weighted by atomic mass is 9.87. The Balaban J connectivity index is 1.51. The summed E-state index contributed by atoms with van der Waals surface area (Å²) < 4.78 is 7.20. The third kappa shape index (κ3) is 3.71. The first-order valence-electron chi connectivity index (χ1n) is 12.1. The zero-order chi connectivity index (χ0) is 22.4. The number of H-pyrrole nitrogens is 1. The predicted octanol–water partition coefficient (Wildman–Crippen LogP) is 5.03. The van der Waals surface area contributed by atoms with Gasteiger partial charge in [-0.2, -0.15) is 0 Å². The fourth-order valence-electron chi connectivity index (χ4n) is 5.50. The number of pyridine rings is 1. The van der Waals surface area contributed by atoms with E-state index in [2.05, 4.69) is 41.9 Å². The molecule has 0 unspecified atom stereocenters. The van der Waals surface area contributed by atoms with Gasteiger partial charge in [-0.1, -0.05) is 19.9 Å². The highest BCUT2D eigenvalue weighted by molar-refractivity contribution is 5.92. The Morgan fingerprint density at radius 3 is 2.53 bits per heavy atom. The van der Waals surface area contributed by atoms with Crippen LogP contribution in [0.4, 0.5) is 0 Å². The summed E-state index contributed by atoms with van der Waals surface area (Å²) in [5.74, 6) is 1.01. The molecule has 4 heterocycles. The van der Waals surface area contributed by atoms with Gasteiger partial charge >= 0.3 is 0 Å². The highest BCUT2D eigenvalue weighted by atomic mass is 16.5. The van der Waals surface area contributed by atoms with Crippen molar-refractivity contribution in [3.05, 3.63) is 57.5 Å². The summed E-state index contributed by atoms with van der Waals surface area (Å²) in [5, 5.41) is 1.33. The highest BCUT2D eigenvalue weighted by Gasteiger charge is 2.30. The molecule has 0 saturated carbocycles. The standard InChI is InChI=1S/C27H35N3O2/c1-5-29-14-21(12-18(4)27(29)31)26-25(17(2)3)23-13-20(6-7-24(23)28-26)19-8-10-30(11-9-19)22-15-32-16-22/h6-7,12-14,17,19,22,28H,5,8-11,15-16H2,1-4H3. The van der Waals surface area contributed by atoms with Gasteiger partial charge in [-0.3, -0.25) is 9.69 Å². The summed E-state index contributed by atoms with van der Waals surface area (Å²) in [6, 6.07) is 9.69. The van der Waals surface area contributed by atoms with E-state index in [4.69, 9.17) is 4.74 Å². The van der Waals surface area contributed by atoms with E-state index in [0.717, 1.165) is 30.0 Å². The minimum absolute atomic E-state index is 0.0977. The predicted molar refractivity (Wildman–Crippen MR) is 131 cm³/mol. The van der Waals surface area contributed by atoms with Crippen LogP contribution in [0.25, 0.3) is 22.2 Å². The number of fused-ring (bicyclic) bond motifs is 1. The van der Waals surface area contributed by atoms with Gasteiger partial charge in [0.1, 0.15) is 0 Å². The van der Waals surface area contributed by atoms with Gasteiger partial charge in [0.15, 0.2) is 0 Å². The van der Waals surface area contributed by atoms with Crippen LogP contribution in [0, 0.1) is 6.92 Å². The molecule has 2 aliphatic rings. The second kappa shape index (κ2) is 8.53. The second-order valence-corrected chi connectivity index (χ2v) is 9.88. The number of hydrogen-bond donors (Lipinski definition) is 1. The van der Waals surface area contributed by atoms with E-state index in [1.54, 1.807) is 0 Å². The number of aromatic amines is 1. The van der Waals surface area contributed by atoms with Gasteiger partial charge in [-0.05, 0) is 80.9 Å². The molecule has 2 fully saturated rings. The summed E-state index contributed by atoms with van der Waals surface area (Å²) in [5.41, 5.74) is 7.14. The Morgan fingerprint density at radius 1 is 1.16 bits per heavy atom. The smallest absolute Gasteiger partial charge is 0.253 e. The van der Waals surface area contributed by atoms with Crippen molar-refractivity contribution < 1.29 is 4.74 Å². The number of aromatic nitrogens is 2. The minimum Gasteiger partial charge on any atom is -0.378 e. The molecule has 0 spiro atoms. The van der Waals surface area contributed by atoms with E-state index in [0.29, 0.717) is 24.4 Å². The number of aryl methyl sites for hydroxylation is 2. The van der Waals surface area contributed by atoms with Crippen LogP contribution >= 0.6 is 0 Å². The molecule has 5 nitrogen and oxygen atoms in total. The fraction of sp³-hybridized carbons (Fsp3) is 0.519. The van der Waals surface area contributed by atoms with E-state index < -0.39 is 0 Å². The van der Waals surface area contributed by atoms with Crippen LogP contribution in [0.5, 0.6) is 0 Å². The summed E-state index contributed by atoms with van der Waals surface area (Å²) >= 11 is 0. The van der Waals surface area contributed by atoms with E-state index in [9.17, 15) is 4.79 Å². The van der Waals surface area contributed by atoms with Gasteiger partial charge in [0.05, 0.1) is 24.9 Å². The SMILES string of the molecule is CCn1cc(-c2[nH]c3ccc(C4CCN(C5COC5)CC4)cc3c2C(C)C)cc(C)c1=O. The zero-order valence-electron chi connectivity index (χ0n) is 19.8. The Labute approximate surface area is 190 Å². The molecule has 2 saturated heterocycles. The lowest BCUT2D eigenvalue weighted by Gasteiger charge is -2.41. The van der Waals surface area contributed by atoms with Crippen LogP contribution in [0.15, 0.2) is 35.3 Å². The molecule has 0 aliphatic carbocycles. The van der Waals surface area contributed by atoms with E-state index in [1.807, 2.05) is 30.7 Å². The van der Waals surface area contributed by atoms with Crippen molar-refractivity contribution in [3.63, 3.8) is 0 Å². The number of hydrogen-bond acceptors (Lipinski definition) is 3. The summed E-state index contributed by atoms with van der Waals surface area (Å²) in [6.07, 6.45) is 4.45. The van der Waals surface area contributed by atoms with Gasteiger partial charge in [0.2, 0.25) is 0 Å². The van der Waals surface area contributed by atoms with Crippen molar-refractivity contribution in [1.82, 2.24) is 14.5 Å². The third-order valence-electron chi connectivity index (χ3n) is 7.47. The number of likely N-dealkylation sites (tertiary alicyclic amines) is 1. The lowest BCUT2D eigenvalue weighted by Crippen LogP contribution is -2.51. The summed E-state index contributed by atoms with van der Waals surface area (Å²) in [4.78, 5) is 18.7. The first-order chi connectivity index (χ1) is 15.5. The Bertz CT molecular complexity index is 1180. The van der Waals surface area contributed by atoms with Gasteiger partial charge in [0.25, 0.3) is 5.56 Å². The van der Waals surface area contributed by atoms with Crippen molar-refractivity contribution >= 4 is 10.9 Å². The number of benzene rings is 1. The number of rotatable bonds is 5. The van der Waals surface area contributed by atoms with Gasteiger partial charge < -0.3 is 14.3 Å². The van der Waals surface area contributed by atoms with Gasteiger partial charge in [-0.15, -0.1) is 0 Å². The molecular weight excluding hydrogens is 398 g/mol. The minimum atomic E-state index is 0.0977. The van der Waals surface area contributed by atoms with Crippen molar-refractivity contribution in [2.45, 2.75) is 65.0 Å². The van der Waals surface area contributed by atoms with Crippen LogP contribution in [0.1, 0.15) is 62.1 Å². The van der Waals surface area contributed by atoms with Gasteiger partial charge in [-0.25, -0.2) is 0 Å². The molecule has 5 rings (SSSR count). The zero-order valence-corrected chi connectivity index (χ0v) is 19.8. The molecule has 170 valence electrons. The molecule has 0 radical (unpaired) electrons. The topological polar surface area (TPSA) is 50.3 Å². The fourth-order valence-corrected chi connectivity index (χ4v) is 5.50. The molecule has 1 aromatic carbocycles. The van der Waals surface area contributed by atoms with Crippen molar-refractivity contribution in [3.8, 4) is 11.3 Å². The molecule has 5 heteroatoms. The Hall–Kier alpha value is -2.37. The second-order valence-electron chi connectivity index (χ2n) is 9.88. The first-order valence-corrected chi connectivity index (χ1v) is 12.1. The van der Waals surface area contributed by atoms with Crippen LogP contribution in [0.3, 0.4) is 0 Å². The largest absolute Gasteiger partial charge is 0.378 e. The molecule has 3 aromatic rings. The number of nitrogens with zero attached hydrogens (tertiary/aromatic N) is 2. The molecule has 0 amide bonds. The van der Waals surface area contributed by atoms with E-state index in [-0.39, 0.29) is 5.56 Å². The Morgan fingerprint density at radius 2 is 1.91 bits per heavy atom. The van der Waals surface area contributed by atoms with Crippen LogP contribution in [-0.4, -0.2) is 46.8 Å². The number of nitrogens with one attached hydrogen (secondary N) is 1. The maximum absolute atomic E-state index is 12.4. The number of ether oxygens (including phenoxy) is 1. The molecule has 0 bridgehead atoms. The average Bonchev–Trinajstić information content (AvgIpc) is 3.14. The maximum Gasteiger partial charge on any atom is 0.253 e. The Kier molecular flexibility index (Phi) is 5.72. The van der Waals surface area contributed by atoms with Crippen molar-refractivity contribution in [1.29, 1.82) is 0 Å². The summed E-state index contributed by atoms with van der Waals surface area (Å²) in [6.45, 7) is 13.3. The number of piperidine rings is 1. The highest BCUT2D eigenvalue weighted by Crippen LogP contribution is 2.38. The van der Waals surface area contributed by atoms with Crippen molar-refractivity contribution in [2.24, 2.45) is 0 Å².